The maximum atomic E-state index is 11.5. The Morgan fingerprint density at radius 3 is 2.71 bits per heavy atom. The van der Waals surface area contributed by atoms with Crippen LogP contribution in [0.2, 0.25) is 5.15 Å². The van der Waals surface area contributed by atoms with Crippen LogP contribution in [0.1, 0.15) is 28.0 Å². The highest BCUT2D eigenvalue weighted by Gasteiger charge is 2.16. The number of rotatable bonds is 7. The van der Waals surface area contributed by atoms with Gasteiger partial charge in [-0.25, -0.2) is 4.68 Å². The van der Waals surface area contributed by atoms with Crippen LogP contribution in [-0.2, 0) is 6.42 Å². The first-order valence-corrected chi connectivity index (χ1v) is 8.79. The number of nitrogens with two attached hydrogens (primary N) is 2. The summed E-state index contributed by atoms with van der Waals surface area (Å²) in [4.78, 5) is 11.5. The van der Waals surface area contributed by atoms with E-state index >= 15 is 0 Å². The second-order valence-corrected chi connectivity index (χ2v) is 6.28. The lowest BCUT2D eigenvalue weighted by Crippen LogP contribution is -2.17. The van der Waals surface area contributed by atoms with E-state index in [4.69, 9.17) is 23.1 Å². The van der Waals surface area contributed by atoms with E-state index in [1.165, 1.54) is 6.07 Å². The summed E-state index contributed by atoms with van der Waals surface area (Å²) in [7, 11) is 0. The predicted octanol–water partition coefficient (Wildman–Crippen LogP) is 1.91. The molecular weight excluding hydrogens is 380 g/mol. The van der Waals surface area contributed by atoms with Crippen molar-refractivity contribution in [3.05, 3.63) is 58.4 Å². The van der Waals surface area contributed by atoms with E-state index in [0.29, 0.717) is 36.5 Å². The molecule has 0 fully saturated rings. The fourth-order valence-electron chi connectivity index (χ4n) is 2.69. The molecule has 0 spiro atoms. The van der Waals surface area contributed by atoms with Gasteiger partial charge in [-0.05, 0) is 31.0 Å². The summed E-state index contributed by atoms with van der Waals surface area (Å²) in [6.45, 7) is 0.458. The minimum Gasteiger partial charge on any atom is -0.382 e. The number of primary amides is 1. The lowest BCUT2D eigenvalue weighted by molar-refractivity contribution is 0.100. The van der Waals surface area contributed by atoms with E-state index in [1.54, 1.807) is 4.68 Å². The third-order valence-corrected chi connectivity index (χ3v) is 4.20. The minimum absolute atomic E-state index is 0.0833. The van der Waals surface area contributed by atoms with Crippen LogP contribution in [-0.4, -0.2) is 32.4 Å². The van der Waals surface area contributed by atoms with Gasteiger partial charge in [-0.3, -0.25) is 4.79 Å². The zero-order valence-corrected chi connectivity index (χ0v) is 15.5. The van der Waals surface area contributed by atoms with Crippen LogP contribution in [0.25, 0.3) is 5.69 Å². The number of carbonyl (C=O) groups is 1. The molecule has 5 N–H and O–H groups in total. The zero-order chi connectivity index (χ0) is 20.1. The Bertz CT molecular complexity index is 1040. The van der Waals surface area contributed by atoms with Crippen LogP contribution in [0.15, 0.2) is 36.4 Å². The van der Waals surface area contributed by atoms with Gasteiger partial charge in [0.2, 0.25) is 0 Å². The summed E-state index contributed by atoms with van der Waals surface area (Å²) in [5.41, 5.74) is 13.3. The Hall–Kier alpha value is -3.64. The van der Waals surface area contributed by atoms with Gasteiger partial charge >= 0.3 is 0 Å². The summed E-state index contributed by atoms with van der Waals surface area (Å²) in [5.74, 6) is -0.0941. The molecule has 1 aromatic carbocycles. The maximum Gasteiger partial charge on any atom is 0.252 e. The normalized spacial score (nSPS) is 10.4. The van der Waals surface area contributed by atoms with Crippen LogP contribution in [0.3, 0.4) is 0 Å². The molecule has 2 aromatic heterocycles. The number of anilines is 2. The molecule has 28 heavy (non-hydrogen) atoms. The molecule has 0 bridgehead atoms. The van der Waals surface area contributed by atoms with Gasteiger partial charge in [0, 0.05) is 6.54 Å². The van der Waals surface area contributed by atoms with Gasteiger partial charge < -0.3 is 16.8 Å². The third kappa shape index (κ3) is 4.02. The zero-order valence-electron chi connectivity index (χ0n) is 14.8. The highest BCUT2D eigenvalue weighted by Crippen LogP contribution is 2.21. The molecule has 0 aliphatic rings. The molecule has 0 saturated heterocycles. The van der Waals surface area contributed by atoms with Gasteiger partial charge in [0.25, 0.3) is 5.91 Å². The number of nitrogens with zero attached hydrogens (tertiary/aromatic N) is 5. The molecular formula is C18H17ClN8O. The van der Waals surface area contributed by atoms with Crippen molar-refractivity contribution in [1.29, 1.82) is 5.26 Å². The Morgan fingerprint density at radius 1 is 1.29 bits per heavy atom. The fraction of sp³-hybridized carbons (Fsp3) is 0.167. The number of amides is 1. The lowest BCUT2D eigenvalue weighted by atomic mass is 10.1. The van der Waals surface area contributed by atoms with E-state index in [0.717, 1.165) is 5.69 Å². The van der Waals surface area contributed by atoms with Gasteiger partial charge in [0.05, 0.1) is 16.9 Å². The highest BCUT2D eigenvalue weighted by molar-refractivity contribution is 6.29. The van der Waals surface area contributed by atoms with Gasteiger partial charge in [-0.15, -0.1) is 10.2 Å². The topological polar surface area (TPSA) is 149 Å². The van der Waals surface area contributed by atoms with E-state index in [2.05, 4.69) is 26.7 Å². The van der Waals surface area contributed by atoms with Crippen molar-refractivity contribution in [3.8, 4) is 11.8 Å². The molecule has 10 heteroatoms. The average molecular weight is 397 g/mol. The molecule has 3 aromatic rings. The summed E-state index contributed by atoms with van der Waals surface area (Å²) < 4.78 is 1.55. The molecule has 3 rings (SSSR count). The number of halogens is 1. The molecule has 0 radical (unpaired) electrons. The number of benzene rings is 1. The fourth-order valence-corrected chi connectivity index (χ4v) is 2.84. The van der Waals surface area contributed by atoms with Crippen LogP contribution in [0.5, 0.6) is 0 Å². The van der Waals surface area contributed by atoms with Crippen molar-refractivity contribution in [2.45, 2.75) is 12.8 Å². The summed E-state index contributed by atoms with van der Waals surface area (Å²) in [5, 5.41) is 24.5. The number of aryl methyl sites for hydroxylation is 1. The molecule has 142 valence electrons. The summed E-state index contributed by atoms with van der Waals surface area (Å²) in [6.07, 6.45) is 1.12. The lowest BCUT2D eigenvalue weighted by Gasteiger charge is -2.07. The average Bonchev–Trinajstić information content (AvgIpc) is 3.02. The molecule has 0 aliphatic carbocycles. The quantitative estimate of drug-likeness (QED) is 0.516. The summed E-state index contributed by atoms with van der Waals surface area (Å²) >= 11 is 5.74. The second kappa shape index (κ2) is 8.37. The number of nitrogen functional groups attached to an aromatic ring is 1. The van der Waals surface area contributed by atoms with Crippen LogP contribution in [0, 0.1) is 11.3 Å². The maximum absolute atomic E-state index is 11.5. The smallest absolute Gasteiger partial charge is 0.252 e. The van der Waals surface area contributed by atoms with Gasteiger partial charge in [-0.1, -0.05) is 29.8 Å². The Morgan fingerprint density at radius 2 is 2.04 bits per heavy atom. The van der Waals surface area contributed by atoms with Crippen molar-refractivity contribution in [2.75, 3.05) is 17.6 Å². The first-order valence-electron chi connectivity index (χ1n) is 8.41. The van der Waals surface area contributed by atoms with Crippen molar-refractivity contribution in [1.82, 2.24) is 20.0 Å². The van der Waals surface area contributed by atoms with Gasteiger partial charge in [0.1, 0.15) is 17.5 Å². The molecule has 2 heterocycles. The van der Waals surface area contributed by atoms with E-state index < -0.39 is 5.91 Å². The second-order valence-electron chi connectivity index (χ2n) is 5.89. The van der Waals surface area contributed by atoms with Gasteiger partial charge in [0.15, 0.2) is 11.0 Å². The predicted molar refractivity (Wildman–Crippen MR) is 105 cm³/mol. The summed E-state index contributed by atoms with van der Waals surface area (Å²) in [6, 6.07) is 12.8. The number of para-hydroxylation sites is 1. The van der Waals surface area contributed by atoms with Crippen LogP contribution in [0.4, 0.5) is 11.6 Å². The Kier molecular flexibility index (Phi) is 5.72. The SMILES string of the molecule is N#Cc1c(CCCNc2nnc(Cl)cc2C(N)=O)nn(-c2ccccc2)c1N. The first-order chi connectivity index (χ1) is 13.5. The number of hydrogen-bond acceptors (Lipinski definition) is 7. The Balaban J connectivity index is 1.69. The number of nitrogens with one attached hydrogen (secondary N) is 1. The number of hydrogen-bond donors (Lipinski definition) is 3. The van der Waals surface area contributed by atoms with Crippen molar-refractivity contribution < 1.29 is 4.79 Å². The van der Waals surface area contributed by atoms with Crippen molar-refractivity contribution in [3.63, 3.8) is 0 Å². The monoisotopic (exact) mass is 396 g/mol. The molecule has 0 unspecified atom stereocenters. The standard InChI is InChI=1S/C18H17ClN8O/c19-15-9-12(17(22)28)18(25-24-15)23-8-4-7-14-13(10-20)16(21)27(26-14)11-5-2-1-3-6-11/h1-3,5-6,9H,4,7-8,21H2,(H2,22,28)(H,23,25). The largest absolute Gasteiger partial charge is 0.382 e. The number of carbonyl (C=O) groups excluding carboxylic acids is 1. The van der Waals surface area contributed by atoms with Crippen LogP contribution < -0.4 is 16.8 Å². The van der Waals surface area contributed by atoms with E-state index in [1.807, 2.05) is 30.3 Å². The number of aromatic nitrogens is 4. The minimum atomic E-state index is -0.652. The first kappa shape index (κ1) is 19.1. The number of nitriles is 1. The molecule has 1 amide bonds. The highest BCUT2D eigenvalue weighted by atomic mass is 35.5. The molecule has 9 nitrogen and oxygen atoms in total. The Labute approximate surface area is 165 Å². The molecule has 0 atom stereocenters. The van der Waals surface area contributed by atoms with Crippen LogP contribution >= 0.6 is 11.6 Å². The van der Waals surface area contributed by atoms with E-state index in [9.17, 15) is 10.1 Å². The van der Waals surface area contributed by atoms with Gasteiger partial charge in [-0.2, -0.15) is 10.4 Å². The van der Waals surface area contributed by atoms with Crippen molar-refractivity contribution in [2.24, 2.45) is 5.73 Å². The molecule has 0 saturated carbocycles. The van der Waals surface area contributed by atoms with E-state index in [-0.39, 0.29) is 16.5 Å². The third-order valence-electron chi connectivity index (χ3n) is 4.02. The van der Waals surface area contributed by atoms with Crippen molar-refractivity contribution >= 4 is 29.1 Å². The molecule has 0 aliphatic heterocycles.